The van der Waals surface area contributed by atoms with E-state index in [0.29, 0.717) is 0 Å². The van der Waals surface area contributed by atoms with Crippen LogP contribution < -0.4 is 5.32 Å². The maximum Gasteiger partial charge on any atom is 0.0750 e. The Morgan fingerprint density at radius 3 is 2.71 bits per heavy atom. The molecule has 0 atom stereocenters. The van der Waals surface area contributed by atoms with Gasteiger partial charge in [-0.3, -0.25) is 0 Å². The largest absolute Gasteiger partial charge is 0.375 e. The first-order valence-electron chi connectivity index (χ1n) is 5.73. The third-order valence-corrected chi connectivity index (χ3v) is 3.63. The van der Waals surface area contributed by atoms with Crippen molar-refractivity contribution in [2.24, 2.45) is 0 Å². The summed E-state index contributed by atoms with van der Waals surface area (Å²) >= 11 is 9.41. The highest BCUT2D eigenvalue weighted by Gasteiger charge is 2.16. The van der Waals surface area contributed by atoms with E-state index in [1.165, 1.54) is 5.56 Å². The number of nitrogens with one attached hydrogen (secondary N) is 1. The van der Waals surface area contributed by atoms with Gasteiger partial charge in [-0.25, -0.2) is 0 Å². The van der Waals surface area contributed by atoms with E-state index in [0.717, 1.165) is 29.2 Å². The summed E-state index contributed by atoms with van der Waals surface area (Å²) in [7, 11) is 0. The molecule has 17 heavy (non-hydrogen) atoms. The lowest BCUT2D eigenvalue weighted by atomic mass is 10.1. The van der Waals surface area contributed by atoms with E-state index in [1.54, 1.807) is 0 Å². The quantitative estimate of drug-likeness (QED) is 0.855. The van der Waals surface area contributed by atoms with Crippen LogP contribution in [0.15, 0.2) is 22.7 Å². The predicted octanol–water partition coefficient (Wildman–Crippen LogP) is 4.01. The Morgan fingerprint density at radius 1 is 1.41 bits per heavy atom. The Bertz CT molecular complexity index is 368. The van der Waals surface area contributed by atoms with Gasteiger partial charge >= 0.3 is 0 Å². The number of rotatable bonds is 6. The van der Waals surface area contributed by atoms with Crippen molar-refractivity contribution in [1.29, 1.82) is 0 Å². The lowest BCUT2D eigenvalue weighted by Gasteiger charge is -2.25. The highest BCUT2D eigenvalue weighted by molar-refractivity contribution is 9.10. The van der Waals surface area contributed by atoms with Crippen molar-refractivity contribution in [1.82, 2.24) is 5.32 Å². The van der Waals surface area contributed by atoms with Crippen molar-refractivity contribution in [3.8, 4) is 0 Å². The van der Waals surface area contributed by atoms with E-state index >= 15 is 0 Å². The fraction of sp³-hybridized carbons (Fsp3) is 0.538. The molecular formula is C13H19BrClNO. The van der Waals surface area contributed by atoms with Crippen molar-refractivity contribution in [3.05, 3.63) is 33.3 Å². The minimum Gasteiger partial charge on any atom is -0.375 e. The molecule has 1 N–H and O–H groups in total. The molecule has 0 saturated carbocycles. The second kappa shape index (κ2) is 6.74. The molecule has 0 aliphatic rings. The molecule has 0 heterocycles. The summed E-state index contributed by atoms with van der Waals surface area (Å²) in [6, 6.07) is 5.98. The summed E-state index contributed by atoms with van der Waals surface area (Å²) in [6.45, 7) is 8.52. The maximum atomic E-state index is 6.03. The van der Waals surface area contributed by atoms with E-state index < -0.39 is 0 Å². The van der Waals surface area contributed by atoms with E-state index in [2.05, 4.69) is 41.2 Å². The molecule has 96 valence electrons. The van der Waals surface area contributed by atoms with Crippen molar-refractivity contribution in [2.45, 2.75) is 32.9 Å². The summed E-state index contributed by atoms with van der Waals surface area (Å²) in [5.41, 5.74) is 1.04. The lowest BCUT2D eigenvalue weighted by Crippen LogP contribution is -2.37. The summed E-state index contributed by atoms with van der Waals surface area (Å²) < 4.78 is 6.54. The first-order chi connectivity index (χ1) is 7.94. The number of benzene rings is 1. The zero-order chi connectivity index (χ0) is 12.9. The molecule has 0 fully saturated rings. The third-order valence-electron chi connectivity index (χ3n) is 2.40. The van der Waals surface area contributed by atoms with Gasteiger partial charge in [0, 0.05) is 24.2 Å². The molecule has 0 spiro atoms. The zero-order valence-corrected chi connectivity index (χ0v) is 12.9. The van der Waals surface area contributed by atoms with Crippen LogP contribution in [-0.4, -0.2) is 18.8 Å². The van der Waals surface area contributed by atoms with Crippen LogP contribution in [0.1, 0.15) is 26.3 Å². The van der Waals surface area contributed by atoms with Crippen LogP contribution in [0.2, 0.25) is 5.02 Å². The van der Waals surface area contributed by atoms with Gasteiger partial charge in [0.05, 0.1) is 10.6 Å². The van der Waals surface area contributed by atoms with Crippen LogP contribution in [0.3, 0.4) is 0 Å². The average molecular weight is 321 g/mol. The fourth-order valence-corrected chi connectivity index (χ4v) is 2.05. The van der Waals surface area contributed by atoms with Gasteiger partial charge in [0.1, 0.15) is 0 Å². The first-order valence-corrected chi connectivity index (χ1v) is 6.90. The van der Waals surface area contributed by atoms with Crippen LogP contribution in [0.4, 0.5) is 0 Å². The van der Waals surface area contributed by atoms with Gasteiger partial charge in [0.25, 0.3) is 0 Å². The Hall–Kier alpha value is -0.0900. The Kier molecular flexibility index (Phi) is 5.93. The topological polar surface area (TPSA) is 21.3 Å². The molecular weight excluding hydrogens is 302 g/mol. The van der Waals surface area contributed by atoms with Crippen molar-refractivity contribution in [2.75, 3.05) is 13.2 Å². The number of halogens is 2. The monoisotopic (exact) mass is 319 g/mol. The highest BCUT2D eigenvalue weighted by Crippen LogP contribution is 2.23. The second-order valence-corrected chi connectivity index (χ2v) is 5.81. The standard InChI is InChI=1S/C13H19BrClNO/c1-4-17-13(2,3)9-16-8-10-5-6-11(14)12(15)7-10/h5-7,16H,4,8-9H2,1-3H3. The number of hydrogen-bond donors (Lipinski definition) is 1. The minimum absolute atomic E-state index is 0.131. The first kappa shape index (κ1) is 15.0. The van der Waals surface area contributed by atoms with Crippen LogP contribution >= 0.6 is 27.5 Å². The van der Waals surface area contributed by atoms with Crippen molar-refractivity contribution in [3.63, 3.8) is 0 Å². The molecule has 4 heteroatoms. The van der Waals surface area contributed by atoms with E-state index in [4.69, 9.17) is 16.3 Å². The summed E-state index contributed by atoms with van der Waals surface area (Å²) in [4.78, 5) is 0. The van der Waals surface area contributed by atoms with E-state index in [-0.39, 0.29) is 5.60 Å². The van der Waals surface area contributed by atoms with Gasteiger partial charge in [-0.15, -0.1) is 0 Å². The molecule has 0 bridgehead atoms. The van der Waals surface area contributed by atoms with E-state index in [9.17, 15) is 0 Å². The molecule has 2 nitrogen and oxygen atoms in total. The molecule has 0 radical (unpaired) electrons. The minimum atomic E-state index is -0.131. The number of hydrogen-bond acceptors (Lipinski definition) is 2. The van der Waals surface area contributed by atoms with Crippen LogP contribution in [0, 0.1) is 0 Å². The molecule has 0 saturated heterocycles. The molecule has 0 aliphatic heterocycles. The van der Waals surface area contributed by atoms with Gasteiger partial charge in [0.2, 0.25) is 0 Å². The SMILES string of the molecule is CCOC(C)(C)CNCc1ccc(Br)c(Cl)c1. The normalized spacial score (nSPS) is 11.8. The van der Waals surface area contributed by atoms with Crippen LogP contribution in [0.5, 0.6) is 0 Å². The Balaban J connectivity index is 2.43. The Labute approximate surface area is 117 Å². The molecule has 0 amide bonds. The van der Waals surface area contributed by atoms with Gasteiger partial charge in [-0.1, -0.05) is 17.7 Å². The lowest BCUT2D eigenvalue weighted by molar-refractivity contribution is -0.00897. The predicted molar refractivity (Wildman–Crippen MR) is 76.6 cm³/mol. The third kappa shape index (κ3) is 5.38. The summed E-state index contributed by atoms with van der Waals surface area (Å²) in [6.07, 6.45) is 0. The molecule has 1 rings (SSSR count). The molecule has 1 aromatic rings. The van der Waals surface area contributed by atoms with Gasteiger partial charge in [-0.05, 0) is 54.4 Å². The van der Waals surface area contributed by atoms with E-state index in [1.807, 2.05) is 19.1 Å². The summed E-state index contributed by atoms with van der Waals surface area (Å²) in [5, 5.41) is 4.12. The molecule has 0 aliphatic carbocycles. The highest BCUT2D eigenvalue weighted by atomic mass is 79.9. The fourth-order valence-electron chi connectivity index (χ4n) is 1.60. The molecule has 1 aromatic carbocycles. The number of ether oxygens (including phenoxy) is 1. The van der Waals surface area contributed by atoms with Crippen molar-refractivity contribution < 1.29 is 4.74 Å². The van der Waals surface area contributed by atoms with Crippen LogP contribution in [-0.2, 0) is 11.3 Å². The maximum absolute atomic E-state index is 6.03. The van der Waals surface area contributed by atoms with Crippen molar-refractivity contribution >= 4 is 27.5 Å². The molecule has 0 unspecified atom stereocenters. The second-order valence-electron chi connectivity index (χ2n) is 4.54. The smallest absolute Gasteiger partial charge is 0.0750 e. The Morgan fingerprint density at radius 2 is 2.12 bits per heavy atom. The van der Waals surface area contributed by atoms with Gasteiger partial charge in [0.15, 0.2) is 0 Å². The van der Waals surface area contributed by atoms with Crippen LogP contribution in [0.25, 0.3) is 0 Å². The van der Waals surface area contributed by atoms with Gasteiger partial charge in [-0.2, -0.15) is 0 Å². The average Bonchev–Trinajstić information content (AvgIpc) is 2.23. The van der Waals surface area contributed by atoms with Gasteiger partial charge < -0.3 is 10.1 Å². The summed E-state index contributed by atoms with van der Waals surface area (Å²) in [5.74, 6) is 0. The molecule has 0 aromatic heterocycles. The zero-order valence-electron chi connectivity index (χ0n) is 10.5.